The van der Waals surface area contributed by atoms with Gasteiger partial charge in [-0.3, -0.25) is 0 Å². The van der Waals surface area contributed by atoms with Crippen molar-refractivity contribution in [2.45, 2.75) is 44.1 Å². The second-order valence-corrected chi connectivity index (χ2v) is 10.3. The molecule has 2 aliphatic rings. The number of nitrogens with one attached hydrogen (secondary N) is 1. The first-order valence-corrected chi connectivity index (χ1v) is 13.0. The van der Waals surface area contributed by atoms with E-state index in [2.05, 4.69) is 5.32 Å². The third-order valence-corrected chi connectivity index (χ3v) is 7.54. The molecule has 0 aromatic heterocycles. The monoisotopic (exact) mass is 557 g/mol. The van der Waals surface area contributed by atoms with E-state index < -0.39 is 23.5 Å². The van der Waals surface area contributed by atoms with Gasteiger partial charge in [0.25, 0.3) is 0 Å². The second kappa shape index (κ2) is 11.4. The van der Waals surface area contributed by atoms with Gasteiger partial charge in [0.05, 0.1) is 11.1 Å². The van der Waals surface area contributed by atoms with Gasteiger partial charge in [0, 0.05) is 62.9 Å². The first kappa shape index (κ1) is 28.7. The predicted octanol–water partition coefficient (Wildman–Crippen LogP) is 6.15. The lowest BCUT2D eigenvalue weighted by Crippen LogP contribution is -2.52. The van der Waals surface area contributed by atoms with Crippen molar-refractivity contribution in [2.75, 3.05) is 55.7 Å². The van der Waals surface area contributed by atoms with Crippen molar-refractivity contribution in [2.24, 2.45) is 5.92 Å². The number of alkyl halides is 6. The van der Waals surface area contributed by atoms with E-state index in [-0.39, 0.29) is 17.8 Å². The molecule has 214 valence electrons. The number of carbonyl (C=O) groups is 1. The summed E-state index contributed by atoms with van der Waals surface area (Å²) in [5.74, 6) is 0.294. The van der Waals surface area contributed by atoms with Crippen molar-refractivity contribution in [3.05, 3.63) is 53.6 Å². The summed E-state index contributed by atoms with van der Waals surface area (Å²) in [6, 6.07) is 8.89. The molecule has 0 bridgehead atoms. The number of nitrogens with two attached hydrogens (primary N) is 1. The largest absolute Gasteiger partial charge is 0.418 e. The summed E-state index contributed by atoms with van der Waals surface area (Å²) < 4.78 is 77.9. The highest BCUT2D eigenvalue weighted by Gasteiger charge is 2.34. The molecule has 39 heavy (non-hydrogen) atoms. The first-order valence-electron chi connectivity index (χ1n) is 13.0. The van der Waals surface area contributed by atoms with E-state index in [4.69, 9.17) is 5.73 Å². The molecular weight excluding hydrogens is 524 g/mol. The molecular formula is C27H33F6N5O. The number of halogens is 6. The normalized spacial score (nSPS) is 20.6. The SMILES string of the molecule is CN(CC1CCC(Nc2ccc(N)c(C(F)(F)F)c2)CC1)C(=O)N1CCN(c2ccc(C(F)(F)F)cc2)CC1. The number of anilines is 3. The molecule has 2 fully saturated rings. The molecule has 2 amide bonds. The summed E-state index contributed by atoms with van der Waals surface area (Å²) in [5, 5.41) is 3.19. The van der Waals surface area contributed by atoms with Crippen LogP contribution in [0.2, 0.25) is 0 Å². The molecule has 0 unspecified atom stereocenters. The van der Waals surface area contributed by atoms with Crippen molar-refractivity contribution in [1.29, 1.82) is 0 Å². The van der Waals surface area contributed by atoms with Crippen LogP contribution in [0.3, 0.4) is 0 Å². The Kier molecular flexibility index (Phi) is 8.41. The lowest BCUT2D eigenvalue weighted by atomic mass is 9.85. The maximum absolute atomic E-state index is 13.1. The summed E-state index contributed by atoms with van der Waals surface area (Å²) in [5.41, 5.74) is 4.74. The van der Waals surface area contributed by atoms with Crippen molar-refractivity contribution >= 4 is 23.1 Å². The minimum Gasteiger partial charge on any atom is -0.398 e. The Morgan fingerprint density at radius 1 is 0.923 bits per heavy atom. The maximum Gasteiger partial charge on any atom is 0.418 e. The van der Waals surface area contributed by atoms with Gasteiger partial charge in [-0.2, -0.15) is 26.3 Å². The third kappa shape index (κ3) is 7.21. The Labute approximate surface area is 223 Å². The molecule has 1 aliphatic carbocycles. The van der Waals surface area contributed by atoms with Crippen LogP contribution in [0.5, 0.6) is 0 Å². The number of nitrogens with zero attached hydrogens (tertiary/aromatic N) is 3. The summed E-state index contributed by atoms with van der Waals surface area (Å²) in [6.45, 7) is 2.60. The zero-order valence-corrected chi connectivity index (χ0v) is 21.7. The van der Waals surface area contributed by atoms with Gasteiger partial charge in [-0.05, 0) is 74.1 Å². The number of hydrogen-bond donors (Lipinski definition) is 2. The first-order chi connectivity index (χ1) is 18.3. The Morgan fingerprint density at radius 3 is 2.10 bits per heavy atom. The molecule has 4 rings (SSSR count). The molecule has 0 atom stereocenters. The van der Waals surface area contributed by atoms with Crippen LogP contribution >= 0.6 is 0 Å². The quantitative estimate of drug-likeness (QED) is 0.342. The lowest BCUT2D eigenvalue weighted by Gasteiger charge is -2.39. The molecule has 2 aromatic carbocycles. The lowest BCUT2D eigenvalue weighted by molar-refractivity contribution is -0.138. The average molecular weight is 558 g/mol. The van der Waals surface area contributed by atoms with Crippen molar-refractivity contribution in [3.8, 4) is 0 Å². The highest BCUT2D eigenvalue weighted by molar-refractivity contribution is 5.74. The van der Waals surface area contributed by atoms with Crippen LogP contribution in [0.25, 0.3) is 0 Å². The molecule has 0 radical (unpaired) electrons. The Morgan fingerprint density at radius 2 is 1.54 bits per heavy atom. The number of rotatable bonds is 5. The van der Waals surface area contributed by atoms with Gasteiger partial charge in [-0.1, -0.05) is 0 Å². The van der Waals surface area contributed by atoms with Crippen molar-refractivity contribution in [3.63, 3.8) is 0 Å². The Balaban J connectivity index is 1.21. The summed E-state index contributed by atoms with van der Waals surface area (Å²) in [7, 11) is 1.77. The zero-order chi connectivity index (χ0) is 28.4. The second-order valence-electron chi connectivity index (χ2n) is 10.3. The Bertz CT molecular complexity index is 1120. The van der Waals surface area contributed by atoms with E-state index in [0.29, 0.717) is 50.0 Å². The minimum absolute atomic E-state index is 0.0465. The van der Waals surface area contributed by atoms with Gasteiger partial charge < -0.3 is 25.8 Å². The third-order valence-electron chi connectivity index (χ3n) is 7.54. The summed E-state index contributed by atoms with van der Waals surface area (Å²) >= 11 is 0. The number of nitrogen functional groups attached to an aromatic ring is 1. The van der Waals surface area contributed by atoms with Gasteiger partial charge in [0.15, 0.2) is 0 Å². The molecule has 1 aliphatic heterocycles. The highest BCUT2D eigenvalue weighted by atomic mass is 19.4. The number of piperazine rings is 1. The molecule has 2 aromatic rings. The van der Waals surface area contributed by atoms with Crippen LogP contribution in [-0.2, 0) is 12.4 Å². The van der Waals surface area contributed by atoms with Crippen molar-refractivity contribution in [1.82, 2.24) is 9.80 Å². The smallest absolute Gasteiger partial charge is 0.398 e. The van der Waals surface area contributed by atoms with Gasteiger partial charge in [0.1, 0.15) is 0 Å². The molecule has 6 nitrogen and oxygen atoms in total. The maximum atomic E-state index is 13.1. The number of benzene rings is 2. The average Bonchev–Trinajstić information content (AvgIpc) is 2.89. The molecule has 1 saturated carbocycles. The van der Waals surface area contributed by atoms with Crippen LogP contribution < -0.4 is 16.0 Å². The van der Waals surface area contributed by atoms with Crippen LogP contribution in [-0.4, -0.2) is 61.6 Å². The van der Waals surface area contributed by atoms with E-state index in [9.17, 15) is 31.1 Å². The zero-order valence-electron chi connectivity index (χ0n) is 21.7. The van der Waals surface area contributed by atoms with E-state index in [0.717, 1.165) is 43.9 Å². The van der Waals surface area contributed by atoms with Crippen LogP contribution in [0.15, 0.2) is 42.5 Å². The van der Waals surface area contributed by atoms with E-state index in [1.54, 1.807) is 22.9 Å². The number of urea groups is 1. The fourth-order valence-electron chi connectivity index (χ4n) is 5.34. The highest BCUT2D eigenvalue weighted by Crippen LogP contribution is 2.36. The van der Waals surface area contributed by atoms with Gasteiger partial charge in [-0.15, -0.1) is 0 Å². The predicted molar refractivity (Wildman–Crippen MR) is 138 cm³/mol. The molecule has 0 spiro atoms. The molecule has 12 heteroatoms. The van der Waals surface area contributed by atoms with Crippen molar-refractivity contribution < 1.29 is 31.1 Å². The van der Waals surface area contributed by atoms with Crippen LogP contribution in [0.1, 0.15) is 36.8 Å². The standard InChI is InChI=1S/C27H33F6N5O/c1-36(25(39)38-14-12-37(13-15-38)22-9-4-19(5-10-22)26(28,29)30)17-18-2-6-20(7-3-18)35-21-8-11-24(34)23(16-21)27(31,32)33/h4-5,8-11,16,18,20,35H,2-3,6-7,12-15,17,34H2,1H3. The van der Waals surface area contributed by atoms with Crippen LogP contribution in [0.4, 0.5) is 48.2 Å². The number of amides is 2. The van der Waals surface area contributed by atoms with Gasteiger partial charge in [0.2, 0.25) is 0 Å². The van der Waals surface area contributed by atoms with E-state index in [1.165, 1.54) is 18.2 Å². The topological polar surface area (TPSA) is 64.8 Å². The fraction of sp³-hybridized carbons (Fsp3) is 0.519. The van der Waals surface area contributed by atoms with Crippen LogP contribution in [0, 0.1) is 5.92 Å². The number of hydrogen-bond acceptors (Lipinski definition) is 4. The molecule has 3 N–H and O–H groups in total. The van der Waals surface area contributed by atoms with E-state index >= 15 is 0 Å². The summed E-state index contributed by atoms with van der Waals surface area (Å²) in [4.78, 5) is 18.4. The molecule has 1 saturated heterocycles. The van der Waals surface area contributed by atoms with Gasteiger partial charge in [-0.25, -0.2) is 4.79 Å². The Hall–Kier alpha value is -3.31. The number of carbonyl (C=O) groups excluding carboxylic acids is 1. The van der Waals surface area contributed by atoms with Gasteiger partial charge >= 0.3 is 18.4 Å². The fourth-order valence-corrected chi connectivity index (χ4v) is 5.34. The minimum atomic E-state index is -4.51. The van der Waals surface area contributed by atoms with E-state index in [1.807, 2.05) is 4.90 Å². The molecule has 1 heterocycles. The summed E-state index contributed by atoms with van der Waals surface area (Å²) in [6.07, 6.45) is -5.63.